The van der Waals surface area contributed by atoms with Crippen LogP contribution in [-0.2, 0) is 6.54 Å². The van der Waals surface area contributed by atoms with Gasteiger partial charge in [-0.25, -0.2) is 4.68 Å². The van der Waals surface area contributed by atoms with E-state index in [1.54, 1.807) is 0 Å². The molecule has 0 unspecified atom stereocenters. The van der Waals surface area contributed by atoms with Crippen LogP contribution < -0.4 is 5.32 Å². The maximum absolute atomic E-state index is 4.65. The Morgan fingerprint density at radius 3 is 2.38 bits per heavy atom. The number of benzene rings is 1. The van der Waals surface area contributed by atoms with E-state index in [1.165, 1.54) is 22.4 Å². The summed E-state index contributed by atoms with van der Waals surface area (Å²) in [7, 11) is 0. The lowest BCUT2D eigenvalue weighted by Crippen LogP contribution is -2.15. The molecule has 0 atom stereocenters. The summed E-state index contributed by atoms with van der Waals surface area (Å²) in [5.74, 6) is 0.451. The van der Waals surface area contributed by atoms with Crippen molar-refractivity contribution in [3.05, 3.63) is 46.8 Å². The Balaban J connectivity index is 2.39. The lowest BCUT2D eigenvalue weighted by Gasteiger charge is -2.14. The molecule has 2 rings (SSSR count). The number of hydrogen-bond donors (Lipinski definition) is 1. The first-order valence-electron chi connectivity index (χ1n) is 7.89. The van der Waals surface area contributed by atoms with Gasteiger partial charge in [0, 0.05) is 12.1 Å². The number of aromatic nitrogens is 2. The maximum atomic E-state index is 4.65. The highest BCUT2D eigenvalue weighted by Crippen LogP contribution is 2.24. The summed E-state index contributed by atoms with van der Waals surface area (Å²) in [4.78, 5) is 0. The molecule has 1 heterocycles. The summed E-state index contributed by atoms with van der Waals surface area (Å²) in [6, 6.07) is 6.61. The van der Waals surface area contributed by atoms with E-state index in [1.807, 2.05) is 6.20 Å². The van der Waals surface area contributed by atoms with Crippen molar-refractivity contribution in [3.8, 4) is 5.69 Å². The Labute approximate surface area is 128 Å². The van der Waals surface area contributed by atoms with Crippen LogP contribution in [0, 0.1) is 13.8 Å². The zero-order valence-corrected chi connectivity index (χ0v) is 13.9. The molecule has 1 aromatic carbocycles. The number of rotatable bonds is 6. The standard InChI is InChI=1S/C18H27N3/c1-6-7-19-11-16-12-20-21(18(16)13(2)3)17-9-14(4)8-15(5)10-17/h8-10,12-13,19H,6-7,11H2,1-5H3. The molecule has 0 aliphatic rings. The monoisotopic (exact) mass is 285 g/mol. The van der Waals surface area contributed by atoms with Gasteiger partial charge in [0.05, 0.1) is 17.6 Å². The second-order valence-corrected chi connectivity index (χ2v) is 6.14. The molecule has 3 heteroatoms. The minimum Gasteiger partial charge on any atom is -0.313 e. The van der Waals surface area contributed by atoms with E-state index in [9.17, 15) is 0 Å². The summed E-state index contributed by atoms with van der Waals surface area (Å²) in [6.07, 6.45) is 3.16. The number of nitrogens with zero attached hydrogens (tertiary/aromatic N) is 2. The molecule has 3 nitrogen and oxygen atoms in total. The fourth-order valence-electron chi connectivity index (χ4n) is 2.82. The van der Waals surface area contributed by atoms with Crippen molar-refractivity contribution in [3.63, 3.8) is 0 Å². The minimum atomic E-state index is 0.451. The fourth-order valence-corrected chi connectivity index (χ4v) is 2.82. The summed E-state index contributed by atoms with van der Waals surface area (Å²) in [5.41, 5.74) is 6.33. The number of nitrogens with one attached hydrogen (secondary N) is 1. The summed E-state index contributed by atoms with van der Waals surface area (Å²) >= 11 is 0. The Kier molecular flexibility index (Phi) is 5.18. The molecule has 1 N–H and O–H groups in total. The van der Waals surface area contributed by atoms with Gasteiger partial charge in [-0.15, -0.1) is 0 Å². The quantitative estimate of drug-likeness (QED) is 0.809. The van der Waals surface area contributed by atoms with Gasteiger partial charge < -0.3 is 5.32 Å². The molecule has 0 saturated heterocycles. The predicted molar refractivity (Wildman–Crippen MR) is 89.1 cm³/mol. The Morgan fingerprint density at radius 2 is 1.81 bits per heavy atom. The van der Waals surface area contributed by atoms with Crippen LogP contribution in [0.1, 0.15) is 55.5 Å². The zero-order valence-electron chi connectivity index (χ0n) is 13.9. The van der Waals surface area contributed by atoms with Crippen LogP contribution in [0.15, 0.2) is 24.4 Å². The highest BCUT2D eigenvalue weighted by molar-refractivity contribution is 5.41. The number of aryl methyl sites for hydroxylation is 2. The van der Waals surface area contributed by atoms with Gasteiger partial charge in [-0.2, -0.15) is 5.10 Å². The highest BCUT2D eigenvalue weighted by Gasteiger charge is 2.15. The van der Waals surface area contributed by atoms with E-state index in [0.717, 1.165) is 25.2 Å². The van der Waals surface area contributed by atoms with Gasteiger partial charge in [0.1, 0.15) is 0 Å². The Morgan fingerprint density at radius 1 is 1.14 bits per heavy atom. The second kappa shape index (κ2) is 6.90. The lowest BCUT2D eigenvalue weighted by molar-refractivity contribution is 0.658. The smallest absolute Gasteiger partial charge is 0.0654 e. The van der Waals surface area contributed by atoms with Gasteiger partial charge in [0.15, 0.2) is 0 Å². The average Bonchev–Trinajstić information content (AvgIpc) is 2.82. The van der Waals surface area contributed by atoms with Crippen molar-refractivity contribution in [1.29, 1.82) is 0 Å². The molecular formula is C18H27N3. The molecule has 0 saturated carbocycles. The van der Waals surface area contributed by atoms with Gasteiger partial charge in [-0.3, -0.25) is 0 Å². The first-order valence-corrected chi connectivity index (χ1v) is 7.89. The van der Waals surface area contributed by atoms with E-state index in [-0.39, 0.29) is 0 Å². The Bertz CT molecular complexity index is 576. The molecule has 21 heavy (non-hydrogen) atoms. The third kappa shape index (κ3) is 3.73. The highest BCUT2D eigenvalue weighted by atomic mass is 15.3. The minimum absolute atomic E-state index is 0.451. The molecule has 0 amide bonds. The van der Waals surface area contributed by atoms with Crippen LogP contribution in [0.25, 0.3) is 5.69 Å². The van der Waals surface area contributed by atoms with E-state index in [4.69, 9.17) is 0 Å². The van der Waals surface area contributed by atoms with Gasteiger partial charge in [0.25, 0.3) is 0 Å². The predicted octanol–water partition coefficient (Wildman–Crippen LogP) is 4.11. The summed E-state index contributed by atoms with van der Waals surface area (Å²) in [5, 5.41) is 8.13. The van der Waals surface area contributed by atoms with Gasteiger partial charge in [-0.05, 0) is 56.0 Å². The average molecular weight is 285 g/mol. The largest absolute Gasteiger partial charge is 0.313 e. The first kappa shape index (κ1) is 15.8. The van der Waals surface area contributed by atoms with Crippen molar-refractivity contribution < 1.29 is 0 Å². The summed E-state index contributed by atoms with van der Waals surface area (Å²) in [6.45, 7) is 12.9. The SMILES string of the molecule is CCCNCc1cnn(-c2cc(C)cc(C)c2)c1C(C)C. The molecule has 114 valence electrons. The molecule has 0 bridgehead atoms. The molecule has 0 aliphatic heterocycles. The van der Waals surface area contributed by atoms with E-state index < -0.39 is 0 Å². The zero-order chi connectivity index (χ0) is 15.4. The first-order chi connectivity index (χ1) is 10.0. The molecular weight excluding hydrogens is 258 g/mol. The molecule has 0 fully saturated rings. The third-order valence-electron chi connectivity index (χ3n) is 3.63. The van der Waals surface area contributed by atoms with Crippen molar-refractivity contribution in [2.75, 3.05) is 6.54 Å². The van der Waals surface area contributed by atoms with E-state index in [0.29, 0.717) is 5.92 Å². The third-order valence-corrected chi connectivity index (χ3v) is 3.63. The molecule has 1 aromatic heterocycles. The topological polar surface area (TPSA) is 29.9 Å². The lowest BCUT2D eigenvalue weighted by atomic mass is 10.0. The van der Waals surface area contributed by atoms with Crippen LogP contribution in [0.4, 0.5) is 0 Å². The summed E-state index contributed by atoms with van der Waals surface area (Å²) < 4.78 is 2.10. The van der Waals surface area contributed by atoms with Crippen LogP contribution in [0.5, 0.6) is 0 Å². The van der Waals surface area contributed by atoms with E-state index >= 15 is 0 Å². The van der Waals surface area contributed by atoms with Crippen molar-refractivity contribution >= 4 is 0 Å². The van der Waals surface area contributed by atoms with Gasteiger partial charge >= 0.3 is 0 Å². The van der Waals surface area contributed by atoms with E-state index in [2.05, 4.69) is 67.9 Å². The normalized spacial score (nSPS) is 11.3. The van der Waals surface area contributed by atoms with Crippen molar-refractivity contribution in [1.82, 2.24) is 15.1 Å². The van der Waals surface area contributed by atoms with Crippen molar-refractivity contribution in [2.45, 2.75) is 53.5 Å². The number of hydrogen-bond acceptors (Lipinski definition) is 2. The van der Waals surface area contributed by atoms with Gasteiger partial charge in [-0.1, -0.05) is 26.8 Å². The van der Waals surface area contributed by atoms with Crippen LogP contribution in [-0.4, -0.2) is 16.3 Å². The van der Waals surface area contributed by atoms with Crippen LogP contribution in [0.2, 0.25) is 0 Å². The van der Waals surface area contributed by atoms with Crippen molar-refractivity contribution in [2.24, 2.45) is 0 Å². The molecule has 0 aliphatic carbocycles. The second-order valence-electron chi connectivity index (χ2n) is 6.14. The van der Waals surface area contributed by atoms with Crippen LogP contribution >= 0.6 is 0 Å². The maximum Gasteiger partial charge on any atom is 0.0654 e. The van der Waals surface area contributed by atoms with Crippen LogP contribution in [0.3, 0.4) is 0 Å². The molecule has 2 aromatic rings. The van der Waals surface area contributed by atoms with Gasteiger partial charge in [0.2, 0.25) is 0 Å². The Hall–Kier alpha value is -1.61. The molecule has 0 spiro atoms. The fraction of sp³-hybridized carbons (Fsp3) is 0.500. The molecule has 0 radical (unpaired) electrons.